The van der Waals surface area contributed by atoms with Crippen LogP contribution in [-0.2, 0) is 16.4 Å². The molecule has 4 aromatic heterocycles. The first-order valence-electron chi connectivity index (χ1n) is 9.85. The molecule has 1 saturated heterocycles. The van der Waals surface area contributed by atoms with Crippen LogP contribution in [0.3, 0.4) is 0 Å². The van der Waals surface area contributed by atoms with Gasteiger partial charge in [-0.05, 0) is 40.2 Å². The summed E-state index contributed by atoms with van der Waals surface area (Å²) in [4.78, 5) is 28.7. The average Bonchev–Trinajstić information content (AvgIpc) is 3.05. The van der Waals surface area contributed by atoms with Gasteiger partial charge in [-0.25, -0.2) is 33.1 Å². The van der Waals surface area contributed by atoms with Crippen LogP contribution < -0.4 is 9.62 Å². The first-order chi connectivity index (χ1) is 15.3. The van der Waals surface area contributed by atoms with E-state index >= 15 is 0 Å². The number of hydrogen-bond donors (Lipinski definition) is 2. The predicted octanol–water partition coefficient (Wildman–Crippen LogP) is 2.51. The number of hydrogen-bond acceptors (Lipinski definition) is 9. The van der Waals surface area contributed by atoms with E-state index in [2.05, 4.69) is 52.4 Å². The molecule has 0 radical (unpaired) electrons. The van der Waals surface area contributed by atoms with Crippen molar-refractivity contribution in [2.75, 3.05) is 24.2 Å². The van der Waals surface area contributed by atoms with Gasteiger partial charge in [-0.1, -0.05) is 6.92 Å². The van der Waals surface area contributed by atoms with Gasteiger partial charge in [0.2, 0.25) is 10.0 Å². The number of nitrogens with zero attached hydrogens (tertiary/aromatic N) is 6. The van der Waals surface area contributed by atoms with Gasteiger partial charge in [0.1, 0.15) is 17.0 Å². The average molecular weight is 535 g/mol. The van der Waals surface area contributed by atoms with Crippen molar-refractivity contribution in [1.29, 1.82) is 0 Å². The zero-order valence-corrected chi connectivity index (χ0v) is 20.4. The van der Waals surface area contributed by atoms with Gasteiger partial charge in [-0.2, -0.15) is 0 Å². The quantitative estimate of drug-likeness (QED) is 0.358. The van der Waals surface area contributed by atoms with Gasteiger partial charge in [-0.15, -0.1) is 0 Å². The van der Waals surface area contributed by atoms with Crippen molar-refractivity contribution in [3.8, 4) is 0 Å². The highest BCUT2D eigenvalue weighted by molar-refractivity contribution is 9.10. The highest BCUT2D eigenvalue weighted by Gasteiger charge is 2.32. The van der Waals surface area contributed by atoms with E-state index in [4.69, 9.17) is 9.97 Å². The lowest BCUT2D eigenvalue weighted by atomic mass is 10.1. The fraction of sp³-hybridized carbons (Fsp3) is 0.316. The molecule has 0 amide bonds. The number of rotatable bonds is 6. The number of nitrogens with one attached hydrogen (secondary N) is 2. The number of aromatic amines is 1. The number of aryl methyl sites for hydroxylation is 1. The molecule has 0 saturated carbocycles. The van der Waals surface area contributed by atoms with E-state index in [1.54, 1.807) is 18.6 Å². The topological polar surface area (TPSA) is 130 Å². The van der Waals surface area contributed by atoms with Crippen LogP contribution in [0.25, 0.3) is 22.2 Å². The van der Waals surface area contributed by atoms with E-state index < -0.39 is 10.0 Å². The lowest BCUT2D eigenvalue weighted by molar-refractivity contribution is 0.468. The summed E-state index contributed by atoms with van der Waals surface area (Å²) in [6.45, 7) is 3.14. The first kappa shape index (κ1) is 21.5. The molecule has 13 heteroatoms. The Morgan fingerprint density at radius 2 is 2.03 bits per heavy atom. The van der Waals surface area contributed by atoms with Crippen LogP contribution in [0.15, 0.2) is 39.2 Å². The van der Waals surface area contributed by atoms with Crippen molar-refractivity contribution in [2.24, 2.45) is 0 Å². The highest BCUT2D eigenvalue weighted by atomic mass is 79.9. The molecule has 1 fully saturated rings. The Kier molecular flexibility index (Phi) is 5.51. The largest absolute Gasteiger partial charge is 0.353 e. The van der Waals surface area contributed by atoms with Crippen LogP contribution >= 0.6 is 27.7 Å². The normalized spacial score (nSPS) is 14.9. The molecule has 4 aromatic rings. The summed E-state index contributed by atoms with van der Waals surface area (Å²) >= 11 is 5.08. The Hall–Kier alpha value is -2.35. The molecule has 2 N–H and O–H groups in total. The maximum atomic E-state index is 11.6. The summed E-state index contributed by atoms with van der Waals surface area (Å²) in [5, 5.41) is 1.46. The fourth-order valence-corrected chi connectivity index (χ4v) is 5.87. The minimum absolute atomic E-state index is 0.141. The van der Waals surface area contributed by atoms with Gasteiger partial charge >= 0.3 is 0 Å². The smallest absolute Gasteiger partial charge is 0.209 e. The highest BCUT2D eigenvalue weighted by Crippen LogP contribution is 2.38. The van der Waals surface area contributed by atoms with E-state index in [9.17, 15) is 8.42 Å². The lowest BCUT2D eigenvalue weighted by Crippen LogP contribution is -2.59. The Morgan fingerprint density at radius 1 is 1.25 bits per heavy atom. The Bertz CT molecular complexity index is 1440. The third-order valence-corrected chi connectivity index (χ3v) is 7.51. The Balaban J connectivity index is 1.51. The minimum atomic E-state index is -3.25. The van der Waals surface area contributed by atoms with Gasteiger partial charge in [0.05, 0.1) is 22.2 Å². The van der Waals surface area contributed by atoms with E-state index in [0.717, 1.165) is 38.3 Å². The van der Waals surface area contributed by atoms with Crippen LogP contribution in [0.5, 0.6) is 0 Å². The third kappa shape index (κ3) is 4.17. The fourth-order valence-electron chi connectivity index (χ4n) is 3.62. The summed E-state index contributed by atoms with van der Waals surface area (Å²) < 4.78 is 26.7. The van der Waals surface area contributed by atoms with E-state index in [0.29, 0.717) is 29.4 Å². The minimum Gasteiger partial charge on any atom is -0.353 e. The number of sulfonamides is 1. The van der Waals surface area contributed by atoms with E-state index in [-0.39, 0.29) is 6.04 Å². The molecule has 0 bridgehead atoms. The molecule has 1 aliphatic heterocycles. The second-order valence-corrected chi connectivity index (χ2v) is 11.1. The molecule has 32 heavy (non-hydrogen) atoms. The standard InChI is InChI=1S/C19H19BrN8O2S2/c1-3-12-15(20)14-17(24-12)25-19(26-18(14)28-8-10(9-28)27-32(2,29)30)31-11-6-13-16(23-7-11)22-5-4-21-13/h4-7,10,27H,3,8-9H2,1-2H3,(H,24,25,26). The van der Waals surface area contributed by atoms with Crippen molar-refractivity contribution in [3.63, 3.8) is 0 Å². The van der Waals surface area contributed by atoms with E-state index in [1.807, 2.05) is 6.07 Å². The summed E-state index contributed by atoms with van der Waals surface area (Å²) in [6.07, 6.45) is 6.95. The summed E-state index contributed by atoms with van der Waals surface area (Å²) in [6, 6.07) is 1.77. The Labute approximate surface area is 196 Å². The van der Waals surface area contributed by atoms with Crippen molar-refractivity contribution in [3.05, 3.63) is 34.8 Å². The lowest BCUT2D eigenvalue weighted by Gasteiger charge is -2.40. The maximum Gasteiger partial charge on any atom is 0.209 e. The number of anilines is 1. The molecule has 0 aliphatic carbocycles. The van der Waals surface area contributed by atoms with Gasteiger partial charge in [0.25, 0.3) is 0 Å². The molecule has 0 aromatic carbocycles. The van der Waals surface area contributed by atoms with Crippen molar-refractivity contribution < 1.29 is 8.42 Å². The molecule has 0 atom stereocenters. The van der Waals surface area contributed by atoms with Gasteiger partial charge in [0.15, 0.2) is 10.8 Å². The molecular formula is C19H19BrN8O2S2. The SMILES string of the molecule is CCc1[nH]c2nc(Sc3cnc4nccnc4c3)nc(N3CC(NS(C)(=O)=O)C3)c2c1Br. The first-order valence-corrected chi connectivity index (χ1v) is 13.4. The van der Waals surface area contributed by atoms with Crippen LogP contribution in [0.1, 0.15) is 12.6 Å². The second-order valence-electron chi connectivity index (χ2n) is 7.49. The zero-order chi connectivity index (χ0) is 22.5. The molecule has 5 heterocycles. The third-order valence-electron chi connectivity index (χ3n) is 5.05. The predicted molar refractivity (Wildman–Crippen MR) is 126 cm³/mol. The van der Waals surface area contributed by atoms with Crippen molar-refractivity contribution in [1.82, 2.24) is 34.6 Å². The van der Waals surface area contributed by atoms with Crippen LogP contribution in [0.4, 0.5) is 5.82 Å². The van der Waals surface area contributed by atoms with Gasteiger partial charge in [0, 0.05) is 42.3 Å². The summed E-state index contributed by atoms with van der Waals surface area (Å²) in [5.74, 6) is 0.764. The molecule has 0 spiro atoms. The van der Waals surface area contributed by atoms with Crippen LogP contribution in [0, 0.1) is 0 Å². The number of H-pyrrole nitrogens is 1. The van der Waals surface area contributed by atoms with Crippen molar-refractivity contribution in [2.45, 2.75) is 29.4 Å². The number of aromatic nitrogens is 6. The van der Waals surface area contributed by atoms with E-state index in [1.165, 1.54) is 18.0 Å². The molecule has 166 valence electrons. The summed E-state index contributed by atoms with van der Waals surface area (Å²) in [7, 11) is -3.25. The van der Waals surface area contributed by atoms with Gasteiger partial charge in [-0.3, -0.25) is 4.98 Å². The number of halogens is 1. The molecule has 1 aliphatic rings. The van der Waals surface area contributed by atoms with Crippen LogP contribution in [-0.4, -0.2) is 63.7 Å². The Morgan fingerprint density at radius 3 is 2.78 bits per heavy atom. The number of pyridine rings is 1. The molecule has 5 rings (SSSR count). The molecule has 0 unspecified atom stereocenters. The van der Waals surface area contributed by atoms with Gasteiger partial charge < -0.3 is 9.88 Å². The summed E-state index contributed by atoms with van der Waals surface area (Å²) in [5.41, 5.74) is 3.05. The van der Waals surface area contributed by atoms with Crippen molar-refractivity contribution >= 4 is 65.7 Å². The molecular weight excluding hydrogens is 516 g/mol. The second kappa shape index (κ2) is 8.21. The maximum absolute atomic E-state index is 11.6. The number of fused-ring (bicyclic) bond motifs is 2. The molecule has 10 nitrogen and oxygen atoms in total. The monoisotopic (exact) mass is 534 g/mol. The van der Waals surface area contributed by atoms with Crippen LogP contribution in [0.2, 0.25) is 0 Å². The zero-order valence-electron chi connectivity index (χ0n) is 17.2.